The number of hydrogen-bond acceptors (Lipinski definition) is 3. The number of anilines is 1. The van der Waals surface area contributed by atoms with Crippen molar-refractivity contribution in [3.05, 3.63) is 65.2 Å². The van der Waals surface area contributed by atoms with Gasteiger partial charge in [-0.1, -0.05) is 30.3 Å². The molecule has 1 saturated heterocycles. The molecule has 0 radical (unpaired) electrons. The van der Waals surface area contributed by atoms with E-state index in [2.05, 4.69) is 40.2 Å². The molecule has 28 heavy (non-hydrogen) atoms. The summed E-state index contributed by atoms with van der Waals surface area (Å²) in [5, 5.41) is 0.769. The van der Waals surface area contributed by atoms with Crippen molar-refractivity contribution in [3.63, 3.8) is 0 Å². The number of nitrogens with two attached hydrogens (primary N) is 1. The van der Waals surface area contributed by atoms with Crippen LogP contribution in [0.5, 0.6) is 0 Å². The fourth-order valence-corrected chi connectivity index (χ4v) is 4.23. The van der Waals surface area contributed by atoms with Crippen molar-refractivity contribution in [2.45, 2.75) is 26.2 Å². The van der Waals surface area contributed by atoms with E-state index in [9.17, 15) is 9.59 Å². The van der Waals surface area contributed by atoms with E-state index >= 15 is 0 Å². The highest BCUT2D eigenvalue weighted by Gasteiger charge is 2.25. The Hall–Kier alpha value is -3.08. The number of piperidine rings is 1. The standard InChI is InChI=1S/C23H25N3O2/c1-15(27)21-19-14-18(22(24)28)7-8-20(19)25-23(21)26-11-9-17(10-12-26)13-16-5-3-2-4-6-16/h2-8,14,17,25H,9-13H2,1H3,(H2,24,28). The Morgan fingerprint density at radius 3 is 2.46 bits per heavy atom. The zero-order valence-corrected chi connectivity index (χ0v) is 16.1. The molecule has 5 heteroatoms. The summed E-state index contributed by atoms with van der Waals surface area (Å²) in [6.07, 6.45) is 3.28. The van der Waals surface area contributed by atoms with Crippen molar-refractivity contribution >= 4 is 28.4 Å². The van der Waals surface area contributed by atoms with Crippen molar-refractivity contribution in [1.29, 1.82) is 0 Å². The quantitative estimate of drug-likeness (QED) is 0.663. The number of Topliss-reactive ketones (excluding diaryl/α,β-unsaturated/α-hetero) is 1. The van der Waals surface area contributed by atoms with Crippen LogP contribution < -0.4 is 10.6 Å². The van der Waals surface area contributed by atoms with Crippen LogP contribution in [-0.2, 0) is 6.42 Å². The summed E-state index contributed by atoms with van der Waals surface area (Å²) in [5.74, 6) is 1.03. The Balaban J connectivity index is 1.57. The lowest BCUT2D eigenvalue weighted by Gasteiger charge is -2.33. The van der Waals surface area contributed by atoms with Gasteiger partial charge in [-0.25, -0.2) is 0 Å². The summed E-state index contributed by atoms with van der Waals surface area (Å²) in [5.41, 5.74) is 8.73. The number of aromatic nitrogens is 1. The fraction of sp³-hybridized carbons (Fsp3) is 0.304. The Kier molecular flexibility index (Phi) is 4.90. The van der Waals surface area contributed by atoms with E-state index in [-0.39, 0.29) is 5.78 Å². The molecule has 0 bridgehead atoms. The minimum atomic E-state index is -0.485. The molecule has 1 aliphatic heterocycles. The number of amides is 1. The third-order valence-corrected chi connectivity index (χ3v) is 5.71. The number of fused-ring (bicyclic) bond motifs is 1. The first-order chi connectivity index (χ1) is 13.5. The number of aromatic amines is 1. The molecule has 0 atom stereocenters. The van der Waals surface area contributed by atoms with Crippen LogP contribution in [-0.4, -0.2) is 29.8 Å². The number of benzene rings is 2. The summed E-state index contributed by atoms with van der Waals surface area (Å²) >= 11 is 0. The predicted molar refractivity (Wildman–Crippen MR) is 112 cm³/mol. The predicted octanol–water partition coefficient (Wildman–Crippen LogP) is 3.93. The minimum absolute atomic E-state index is 0.00530. The van der Waals surface area contributed by atoms with Gasteiger partial charge in [-0.2, -0.15) is 0 Å². The Morgan fingerprint density at radius 1 is 1.11 bits per heavy atom. The molecule has 2 heterocycles. The molecule has 5 nitrogen and oxygen atoms in total. The van der Waals surface area contributed by atoms with Gasteiger partial charge in [0.25, 0.3) is 0 Å². The van der Waals surface area contributed by atoms with Crippen molar-refractivity contribution in [2.75, 3.05) is 18.0 Å². The van der Waals surface area contributed by atoms with Crippen molar-refractivity contribution < 1.29 is 9.59 Å². The second kappa shape index (κ2) is 7.50. The van der Waals surface area contributed by atoms with Gasteiger partial charge in [0.1, 0.15) is 5.82 Å². The molecular weight excluding hydrogens is 350 g/mol. The first-order valence-corrected chi connectivity index (χ1v) is 9.78. The number of nitrogens with one attached hydrogen (secondary N) is 1. The molecule has 4 rings (SSSR count). The van der Waals surface area contributed by atoms with Gasteiger partial charge in [-0.05, 0) is 55.9 Å². The van der Waals surface area contributed by atoms with E-state index in [1.165, 1.54) is 5.56 Å². The van der Waals surface area contributed by atoms with E-state index in [4.69, 9.17) is 5.73 Å². The molecule has 0 unspecified atom stereocenters. The lowest BCUT2D eigenvalue weighted by molar-refractivity contribution is 0.0995. The monoisotopic (exact) mass is 375 g/mol. The molecule has 3 aromatic rings. The number of hydrogen-bond donors (Lipinski definition) is 2. The average Bonchev–Trinajstić information content (AvgIpc) is 3.08. The minimum Gasteiger partial charge on any atom is -0.366 e. The van der Waals surface area contributed by atoms with Crippen molar-refractivity contribution in [3.8, 4) is 0 Å². The number of carbonyl (C=O) groups is 2. The third kappa shape index (κ3) is 3.52. The summed E-state index contributed by atoms with van der Waals surface area (Å²) in [4.78, 5) is 29.6. The van der Waals surface area contributed by atoms with Crippen LogP contribution in [0.4, 0.5) is 5.82 Å². The highest BCUT2D eigenvalue weighted by Crippen LogP contribution is 2.33. The van der Waals surface area contributed by atoms with Gasteiger partial charge in [0, 0.05) is 29.6 Å². The van der Waals surface area contributed by atoms with Gasteiger partial charge in [0.15, 0.2) is 5.78 Å². The lowest BCUT2D eigenvalue weighted by Crippen LogP contribution is -2.35. The summed E-state index contributed by atoms with van der Waals surface area (Å²) in [6, 6.07) is 15.9. The van der Waals surface area contributed by atoms with Crippen LogP contribution in [0.3, 0.4) is 0 Å². The average molecular weight is 375 g/mol. The van der Waals surface area contributed by atoms with E-state index in [1.54, 1.807) is 19.1 Å². The van der Waals surface area contributed by atoms with Gasteiger partial charge in [-0.15, -0.1) is 0 Å². The summed E-state index contributed by atoms with van der Waals surface area (Å²) in [7, 11) is 0. The second-order valence-corrected chi connectivity index (χ2v) is 7.65. The molecule has 0 spiro atoms. The maximum Gasteiger partial charge on any atom is 0.248 e. The first kappa shape index (κ1) is 18.3. The van der Waals surface area contributed by atoms with Gasteiger partial charge in [0.05, 0.1) is 5.56 Å². The molecule has 0 aliphatic carbocycles. The molecule has 1 aliphatic rings. The van der Waals surface area contributed by atoms with E-state index in [0.717, 1.165) is 49.1 Å². The van der Waals surface area contributed by atoms with Crippen LogP contribution in [0, 0.1) is 5.92 Å². The largest absolute Gasteiger partial charge is 0.366 e. The van der Waals surface area contributed by atoms with Crippen LogP contribution >= 0.6 is 0 Å². The number of nitrogens with zero attached hydrogens (tertiary/aromatic N) is 1. The Morgan fingerprint density at radius 2 is 1.82 bits per heavy atom. The van der Waals surface area contributed by atoms with Gasteiger partial charge >= 0.3 is 0 Å². The molecule has 144 valence electrons. The summed E-state index contributed by atoms with van der Waals surface area (Å²) < 4.78 is 0. The van der Waals surface area contributed by atoms with Gasteiger partial charge in [0.2, 0.25) is 5.91 Å². The topological polar surface area (TPSA) is 79.2 Å². The number of carbonyl (C=O) groups excluding carboxylic acids is 2. The fourth-order valence-electron chi connectivity index (χ4n) is 4.23. The maximum atomic E-state index is 12.4. The molecule has 0 saturated carbocycles. The van der Waals surface area contributed by atoms with Crippen LogP contribution in [0.1, 0.15) is 46.0 Å². The normalized spacial score (nSPS) is 15.1. The maximum absolute atomic E-state index is 12.4. The van der Waals surface area contributed by atoms with Gasteiger partial charge < -0.3 is 15.6 Å². The van der Waals surface area contributed by atoms with Crippen LogP contribution in [0.2, 0.25) is 0 Å². The first-order valence-electron chi connectivity index (χ1n) is 9.78. The van der Waals surface area contributed by atoms with E-state index in [1.807, 2.05) is 6.07 Å². The van der Waals surface area contributed by atoms with Crippen LogP contribution in [0.25, 0.3) is 10.9 Å². The number of rotatable bonds is 5. The van der Waals surface area contributed by atoms with Crippen LogP contribution in [0.15, 0.2) is 48.5 Å². The van der Waals surface area contributed by atoms with Gasteiger partial charge in [-0.3, -0.25) is 9.59 Å². The Labute approximate surface area is 164 Å². The Bertz CT molecular complexity index is 1020. The van der Waals surface area contributed by atoms with E-state index < -0.39 is 5.91 Å². The smallest absolute Gasteiger partial charge is 0.248 e. The molecule has 1 fully saturated rings. The highest BCUT2D eigenvalue weighted by molar-refractivity contribution is 6.13. The zero-order valence-electron chi connectivity index (χ0n) is 16.1. The summed E-state index contributed by atoms with van der Waals surface area (Å²) in [6.45, 7) is 3.39. The SMILES string of the molecule is CC(=O)c1c(N2CCC(Cc3ccccc3)CC2)[nH]c2ccc(C(N)=O)cc12. The second-order valence-electron chi connectivity index (χ2n) is 7.65. The molecule has 1 aromatic heterocycles. The number of primary amides is 1. The molecule has 3 N–H and O–H groups in total. The molecular formula is C23H25N3O2. The van der Waals surface area contributed by atoms with Crippen molar-refractivity contribution in [1.82, 2.24) is 4.98 Å². The molecule has 1 amide bonds. The highest BCUT2D eigenvalue weighted by atomic mass is 16.1. The number of ketones is 1. The number of H-pyrrole nitrogens is 1. The van der Waals surface area contributed by atoms with Crippen molar-refractivity contribution in [2.24, 2.45) is 11.7 Å². The molecule has 2 aromatic carbocycles. The lowest BCUT2D eigenvalue weighted by atomic mass is 9.90. The zero-order chi connectivity index (χ0) is 19.7. The van der Waals surface area contributed by atoms with E-state index in [0.29, 0.717) is 17.0 Å². The third-order valence-electron chi connectivity index (χ3n) is 5.71.